The van der Waals surface area contributed by atoms with Gasteiger partial charge in [-0.25, -0.2) is 0 Å². The van der Waals surface area contributed by atoms with Gasteiger partial charge in [0.15, 0.2) is 12.4 Å². The number of ether oxygens (including phenoxy) is 5. The molecule has 0 spiro atoms. The number of carbonyl (C=O) groups excluding carboxylic acids is 3. The van der Waals surface area contributed by atoms with Crippen LogP contribution in [0.3, 0.4) is 0 Å². The molecule has 1 aliphatic rings. The Balaban J connectivity index is 2.90. The molecule has 8 heteroatoms. The van der Waals surface area contributed by atoms with E-state index in [2.05, 4.69) is 6.58 Å². The van der Waals surface area contributed by atoms with Crippen LogP contribution in [-0.2, 0) is 38.1 Å². The summed E-state index contributed by atoms with van der Waals surface area (Å²) in [5.74, 6) is -1.59. The molecular formula is C15H22O8. The summed E-state index contributed by atoms with van der Waals surface area (Å²) >= 11 is 0. The number of rotatable bonds is 7. The minimum atomic E-state index is -0.890. The summed E-state index contributed by atoms with van der Waals surface area (Å²) < 4.78 is 26.4. The van der Waals surface area contributed by atoms with Gasteiger partial charge < -0.3 is 23.7 Å². The van der Waals surface area contributed by atoms with Crippen LogP contribution in [0.1, 0.15) is 27.2 Å². The predicted molar refractivity (Wildman–Crippen MR) is 77.2 cm³/mol. The molecule has 0 radical (unpaired) electrons. The summed E-state index contributed by atoms with van der Waals surface area (Å²) in [7, 11) is 0. The van der Waals surface area contributed by atoms with Crippen molar-refractivity contribution >= 4 is 17.9 Å². The van der Waals surface area contributed by atoms with Gasteiger partial charge in [-0.2, -0.15) is 0 Å². The normalized spacial score (nSPS) is 26.9. The fourth-order valence-corrected chi connectivity index (χ4v) is 2.18. The first-order valence-corrected chi connectivity index (χ1v) is 7.19. The Morgan fingerprint density at radius 1 is 1.13 bits per heavy atom. The van der Waals surface area contributed by atoms with E-state index in [4.69, 9.17) is 23.7 Å². The summed E-state index contributed by atoms with van der Waals surface area (Å²) in [6.45, 7) is 7.35. The van der Waals surface area contributed by atoms with Crippen LogP contribution in [0.2, 0.25) is 0 Å². The highest BCUT2D eigenvalue weighted by atomic mass is 16.7. The molecular weight excluding hydrogens is 308 g/mol. The van der Waals surface area contributed by atoms with Crippen LogP contribution in [0.15, 0.2) is 12.7 Å². The van der Waals surface area contributed by atoms with Crippen LogP contribution in [0, 0.1) is 0 Å². The lowest BCUT2D eigenvalue weighted by molar-refractivity contribution is -0.263. The molecule has 0 aliphatic carbocycles. The van der Waals surface area contributed by atoms with Gasteiger partial charge in [-0.3, -0.25) is 14.4 Å². The van der Waals surface area contributed by atoms with Gasteiger partial charge in [0.05, 0.1) is 6.61 Å². The molecule has 23 heavy (non-hydrogen) atoms. The van der Waals surface area contributed by atoms with Gasteiger partial charge in [0.25, 0.3) is 0 Å². The summed E-state index contributed by atoms with van der Waals surface area (Å²) in [5.41, 5.74) is 0. The molecule has 1 aliphatic heterocycles. The highest BCUT2D eigenvalue weighted by molar-refractivity contribution is 5.67. The van der Waals surface area contributed by atoms with Crippen LogP contribution in [0.25, 0.3) is 0 Å². The van der Waals surface area contributed by atoms with Crippen molar-refractivity contribution in [1.29, 1.82) is 0 Å². The van der Waals surface area contributed by atoms with Gasteiger partial charge in [0.2, 0.25) is 0 Å². The van der Waals surface area contributed by atoms with E-state index in [-0.39, 0.29) is 19.6 Å². The number of hydrogen-bond acceptors (Lipinski definition) is 8. The maximum absolute atomic E-state index is 11.3. The van der Waals surface area contributed by atoms with Crippen LogP contribution in [0.5, 0.6) is 0 Å². The second-order valence-electron chi connectivity index (χ2n) is 4.99. The number of carbonyl (C=O) groups is 3. The molecule has 0 unspecified atom stereocenters. The summed E-state index contributed by atoms with van der Waals surface area (Å²) in [6.07, 6.45) is -1.44. The van der Waals surface area contributed by atoms with Gasteiger partial charge in [0.1, 0.15) is 18.8 Å². The molecule has 0 amide bonds. The third-order valence-electron chi connectivity index (χ3n) is 2.95. The van der Waals surface area contributed by atoms with Crippen LogP contribution in [-0.4, -0.2) is 55.7 Å². The first-order valence-electron chi connectivity index (χ1n) is 7.19. The number of hydrogen-bond donors (Lipinski definition) is 0. The summed E-state index contributed by atoms with van der Waals surface area (Å²) in [5, 5.41) is 0. The first-order chi connectivity index (χ1) is 10.8. The largest absolute Gasteiger partial charge is 0.463 e. The maximum atomic E-state index is 11.3. The Labute approximate surface area is 134 Å². The summed E-state index contributed by atoms with van der Waals surface area (Å²) in [4.78, 5) is 33.6. The topological polar surface area (TPSA) is 97.4 Å². The standard InChI is InChI=1S/C15H22O8/c1-5-6-19-14-7-12(21-10(3)17)15(22-11(4)18)13(23-14)8-20-9(2)16/h5,12-15H,1,6-8H2,2-4H3/t12-,13-,14+,15-/m1/s1. The Morgan fingerprint density at radius 3 is 2.30 bits per heavy atom. The molecule has 0 saturated carbocycles. The van der Waals surface area contributed by atoms with Gasteiger partial charge in [-0.1, -0.05) is 6.08 Å². The van der Waals surface area contributed by atoms with Crippen LogP contribution in [0.4, 0.5) is 0 Å². The fraction of sp³-hybridized carbons (Fsp3) is 0.667. The Bertz CT molecular complexity index is 447. The van der Waals surface area contributed by atoms with Crippen LogP contribution >= 0.6 is 0 Å². The zero-order valence-electron chi connectivity index (χ0n) is 13.5. The van der Waals surface area contributed by atoms with E-state index < -0.39 is 42.5 Å². The van der Waals surface area contributed by atoms with E-state index in [1.165, 1.54) is 20.8 Å². The van der Waals surface area contributed by atoms with Gasteiger partial charge in [-0.15, -0.1) is 6.58 Å². The van der Waals surface area contributed by atoms with E-state index in [0.717, 1.165) is 0 Å². The molecule has 0 aromatic carbocycles. The Hall–Kier alpha value is -1.93. The molecule has 0 N–H and O–H groups in total. The SMILES string of the molecule is C=CCO[C@@H]1C[C@@H](OC(C)=O)[C@@H](OC(C)=O)[C@@H](COC(C)=O)O1. The fourth-order valence-electron chi connectivity index (χ4n) is 2.18. The van der Waals surface area contributed by atoms with Crippen molar-refractivity contribution in [3.05, 3.63) is 12.7 Å². The first kappa shape index (κ1) is 19.1. The predicted octanol–water partition coefficient (Wildman–Crippen LogP) is 0.730. The third-order valence-corrected chi connectivity index (χ3v) is 2.95. The molecule has 1 rings (SSSR count). The third kappa shape index (κ3) is 6.79. The van der Waals surface area contributed by atoms with Gasteiger partial charge in [0, 0.05) is 27.2 Å². The molecule has 130 valence electrons. The van der Waals surface area contributed by atoms with Crippen molar-refractivity contribution in [2.24, 2.45) is 0 Å². The molecule has 0 aromatic heterocycles. The Kier molecular flexibility index (Phi) is 7.70. The van der Waals surface area contributed by atoms with E-state index >= 15 is 0 Å². The quantitative estimate of drug-likeness (QED) is 0.383. The molecule has 1 fully saturated rings. The van der Waals surface area contributed by atoms with Gasteiger partial charge >= 0.3 is 17.9 Å². The Morgan fingerprint density at radius 2 is 1.78 bits per heavy atom. The van der Waals surface area contributed by atoms with Crippen molar-refractivity contribution in [3.8, 4) is 0 Å². The highest BCUT2D eigenvalue weighted by Crippen LogP contribution is 2.27. The van der Waals surface area contributed by atoms with E-state index in [0.29, 0.717) is 0 Å². The molecule has 0 aromatic rings. The highest BCUT2D eigenvalue weighted by Gasteiger charge is 2.44. The lowest BCUT2D eigenvalue weighted by atomic mass is 10.0. The minimum absolute atomic E-state index is 0.154. The zero-order valence-corrected chi connectivity index (χ0v) is 13.5. The maximum Gasteiger partial charge on any atom is 0.303 e. The molecule has 8 nitrogen and oxygen atoms in total. The average molecular weight is 330 g/mol. The smallest absolute Gasteiger partial charge is 0.303 e. The van der Waals surface area contributed by atoms with Crippen molar-refractivity contribution in [1.82, 2.24) is 0 Å². The lowest BCUT2D eigenvalue weighted by Gasteiger charge is -2.39. The summed E-state index contributed by atoms with van der Waals surface area (Å²) in [6, 6.07) is 0. The molecule has 1 heterocycles. The van der Waals surface area contributed by atoms with Crippen LogP contribution < -0.4 is 0 Å². The number of esters is 3. The van der Waals surface area contributed by atoms with E-state index in [1.807, 2.05) is 0 Å². The average Bonchev–Trinajstić information content (AvgIpc) is 2.44. The second-order valence-corrected chi connectivity index (χ2v) is 4.99. The van der Waals surface area contributed by atoms with E-state index in [9.17, 15) is 14.4 Å². The monoisotopic (exact) mass is 330 g/mol. The lowest BCUT2D eigenvalue weighted by Crippen LogP contribution is -2.54. The minimum Gasteiger partial charge on any atom is -0.463 e. The molecule has 0 bridgehead atoms. The van der Waals surface area contributed by atoms with Gasteiger partial charge in [-0.05, 0) is 0 Å². The molecule has 4 atom stereocenters. The van der Waals surface area contributed by atoms with Crippen molar-refractivity contribution in [2.45, 2.75) is 51.8 Å². The van der Waals surface area contributed by atoms with Crippen molar-refractivity contribution in [2.75, 3.05) is 13.2 Å². The molecule has 1 saturated heterocycles. The second kappa shape index (κ2) is 9.26. The zero-order chi connectivity index (χ0) is 17.4. The van der Waals surface area contributed by atoms with Crippen molar-refractivity contribution in [3.63, 3.8) is 0 Å². The van der Waals surface area contributed by atoms with Crippen molar-refractivity contribution < 1.29 is 38.1 Å². The van der Waals surface area contributed by atoms with E-state index in [1.54, 1.807) is 6.08 Å².